The van der Waals surface area contributed by atoms with Crippen LogP contribution in [0, 0.1) is 17.8 Å². The minimum Gasteiger partial charge on any atom is -0.504 e. The predicted molar refractivity (Wildman–Crippen MR) is 190 cm³/mol. The van der Waals surface area contributed by atoms with Gasteiger partial charge in [-0.1, -0.05) is 48.0 Å². The number of piperidine rings is 1. The van der Waals surface area contributed by atoms with Crippen molar-refractivity contribution in [3.8, 4) is 11.5 Å². The van der Waals surface area contributed by atoms with E-state index in [-0.39, 0.29) is 59.9 Å². The molecule has 0 radical (unpaired) electrons. The monoisotopic (exact) mass is 699 g/mol. The highest BCUT2D eigenvalue weighted by Crippen LogP contribution is 2.37. The second kappa shape index (κ2) is 15.2. The van der Waals surface area contributed by atoms with Gasteiger partial charge in [0.05, 0.1) is 19.4 Å². The number of likely N-dealkylation sites (tertiary alicyclic amines) is 2. The first-order chi connectivity index (χ1) is 24.1. The molecule has 4 atom stereocenters. The highest BCUT2D eigenvalue weighted by Gasteiger charge is 2.48. The largest absolute Gasteiger partial charge is 0.504 e. The van der Waals surface area contributed by atoms with Crippen LogP contribution in [-0.2, 0) is 27.2 Å². The number of nitrogens with one attached hydrogen (secondary N) is 3. The summed E-state index contributed by atoms with van der Waals surface area (Å²) in [6.45, 7) is 1.19. The van der Waals surface area contributed by atoms with Crippen LogP contribution >= 0.6 is 11.6 Å². The summed E-state index contributed by atoms with van der Waals surface area (Å²) >= 11 is 6.16. The average Bonchev–Trinajstić information content (AvgIpc) is 3.74. The van der Waals surface area contributed by atoms with E-state index in [9.17, 15) is 24.3 Å². The van der Waals surface area contributed by atoms with Crippen molar-refractivity contribution < 1.29 is 29.0 Å². The lowest BCUT2D eigenvalue weighted by Gasteiger charge is -2.40. The molecule has 2 aliphatic heterocycles. The quantitative estimate of drug-likeness (QED) is 0.185. The molecule has 2 fully saturated rings. The minimum atomic E-state index is -0.750. The topological polar surface area (TPSA) is 144 Å². The highest BCUT2D eigenvalue weighted by atomic mass is 35.5. The maximum atomic E-state index is 14.2. The second-order valence-corrected chi connectivity index (χ2v) is 13.6. The van der Waals surface area contributed by atoms with E-state index in [1.54, 1.807) is 35.2 Å². The molecule has 3 aromatic carbocycles. The highest BCUT2D eigenvalue weighted by molar-refractivity contribution is 6.31. The molecule has 6 rings (SSSR count). The number of aromatic nitrogens is 1. The number of benzene rings is 3. The molecule has 12 heteroatoms. The van der Waals surface area contributed by atoms with E-state index in [1.807, 2.05) is 42.5 Å². The van der Waals surface area contributed by atoms with Crippen molar-refractivity contribution >= 4 is 46.1 Å². The number of rotatable bonds is 11. The molecular formula is C38H42ClN5O6. The number of fused-ring (bicyclic) bond motifs is 2. The zero-order valence-corrected chi connectivity index (χ0v) is 28.9. The van der Waals surface area contributed by atoms with Gasteiger partial charge in [-0.05, 0) is 72.6 Å². The number of amides is 4. The van der Waals surface area contributed by atoms with Crippen LogP contribution in [0.25, 0.3) is 10.9 Å². The lowest BCUT2D eigenvalue weighted by atomic mass is 9.79. The van der Waals surface area contributed by atoms with E-state index >= 15 is 0 Å². The van der Waals surface area contributed by atoms with Gasteiger partial charge in [0.1, 0.15) is 6.04 Å². The number of aromatic hydroxyl groups is 1. The number of ether oxygens (including phenoxy) is 1. The second-order valence-electron chi connectivity index (χ2n) is 13.2. The maximum absolute atomic E-state index is 14.2. The number of carbonyl (C=O) groups excluding carboxylic acids is 4. The standard InChI is InChI=1S/C38H42ClN5O6/c1-40-37(48)31(10-6-9-23-7-4-3-5-8-23)42-36(47)30-22-43(35(46)16-25-18-41-32-17-27(39)12-13-28(25)32)19-26-20-44(21-29(26)30)38(49)24-11-14-34(50-2)33(45)15-24/h3-5,7-8,11-15,17-18,26,29-31,41,45H,6,9-10,16,19-22H2,1-2H3,(H,40,48)(H,42,47)/t26?,29?,30?,31-/m0/s1. The van der Waals surface area contributed by atoms with Gasteiger partial charge >= 0.3 is 0 Å². The molecule has 0 spiro atoms. The molecule has 3 unspecified atom stereocenters. The maximum Gasteiger partial charge on any atom is 0.254 e. The van der Waals surface area contributed by atoms with E-state index in [4.69, 9.17) is 16.3 Å². The van der Waals surface area contributed by atoms with E-state index in [1.165, 1.54) is 19.2 Å². The summed E-state index contributed by atoms with van der Waals surface area (Å²) in [6, 6.07) is 19.2. The fraction of sp³-hybridized carbons (Fsp3) is 0.368. The molecular weight excluding hydrogens is 658 g/mol. The Morgan fingerprint density at radius 1 is 1.00 bits per heavy atom. The Hall–Kier alpha value is -5.03. The van der Waals surface area contributed by atoms with E-state index in [0.29, 0.717) is 43.1 Å². The number of methoxy groups -OCH3 is 1. The molecule has 4 N–H and O–H groups in total. The number of nitrogens with zero attached hydrogens (tertiary/aromatic N) is 2. The zero-order chi connectivity index (χ0) is 35.4. The molecule has 4 aromatic rings. The van der Waals surface area contributed by atoms with Crippen molar-refractivity contribution in [2.24, 2.45) is 17.8 Å². The Morgan fingerprint density at radius 3 is 2.52 bits per heavy atom. The first kappa shape index (κ1) is 34.8. The fourth-order valence-corrected chi connectivity index (χ4v) is 7.56. The summed E-state index contributed by atoms with van der Waals surface area (Å²) < 4.78 is 5.13. The Kier molecular flexibility index (Phi) is 10.6. The SMILES string of the molecule is CNC(=O)[C@H](CCCc1ccccc1)NC(=O)C1CN(C(=O)Cc2c[nH]c3cc(Cl)ccc23)CC2CN(C(=O)c3ccc(OC)c(O)c3)CC21. The number of carbonyl (C=O) groups is 4. The van der Waals surface area contributed by atoms with Gasteiger partial charge in [0.15, 0.2) is 11.5 Å². The number of phenols is 1. The number of H-pyrrole nitrogens is 1. The van der Waals surface area contributed by atoms with Crippen LogP contribution in [0.4, 0.5) is 0 Å². The first-order valence-corrected chi connectivity index (χ1v) is 17.3. The van der Waals surface area contributed by atoms with Crippen LogP contribution < -0.4 is 15.4 Å². The van der Waals surface area contributed by atoms with Gasteiger partial charge in [0.2, 0.25) is 17.7 Å². The van der Waals surface area contributed by atoms with E-state index in [2.05, 4.69) is 15.6 Å². The van der Waals surface area contributed by atoms with Gasteiger partial charge in [0, 0.05) is 60.9 Å². The predicted octanol–water partition coefficient (Wildman–Crippen LogP) is 4.18. The number of halogens is 1. The Morgan fingerprint density at radius 2 is 1.78 bits per heavy atom. The summed E-state index contributed by atoms with van der Waals surface area (Å²) in [5.41, 5.74) is 3.11. The van der Waals surface area contributed by atoms with Crippen molar-refractivity contribution in [2.45, 2.75) is 31.7 Å². The van der Waals surface area contributed by atoms with E-state index in [0.717, 1.165) is 28.5 Å². The fourth-order valence-electron chi connectivity index (χ4n) is 7.38. The smallest absolute Gasteiger partial charge is 0.254 e. The van der Waals surface area contributed by atoms with Crippen LogP contribution in [0.5, 0.6) is 11.5 Å². The van der Waals surface area contributed by atoms with Crippen LogP contribution in [0.2, 0.25) is 5.02 Å². The van der Waals surface area contributed by atoms with Crippen LogP contribution in [0.15, 0.2) is 72.9 Å². The summed E-state index contributed by atoms with van der Waals surface area (Å²) in [5.74, 6) is -1.95. The van der Waals surface area contributed by atoms with Crippen molar-refractivity contribution in [2.75, 3.05) is 40.3 Å². The number of hydrogen-bond donors (Lipinski definition) is 4. The molecule has 3 heterocycles. The van der Waals surface area contributed by atoms with E-state index < -0.39 is 12.0 Å². The van der Waals surface area contributed by atoms with Gasteiger partial charge in [-0.2, -0.15) is 0 Å². The third-order valence-electron chi connectivity index (χ3n) is 10.0. The Bertz CT molecular complexity index is 1880. The third kappa shape index (κ3) is 7.57. The summed E-state index contributed by atoms with van der Waals surface area (Å²) in [6.07, 6.45) is 3.83. The molecule has 11 nitrogen and oxygen atoms in total. The average molecular weight is 700 g/mol. The van der Waals surface area contributed by atoms with Gasteiger partial charge in [-0.15, -0.1) is 0 Å². The summed E-state index contributed by atoms with van der Waals surface area (Å²) in [7, 11) is 2.98. The summed E-state index contributed by atoms with van der Waals surface area (Å²) in [5, 5.41) is 17.5. The van der Waals surface area contributed by atoms with Gasteiger partial charge in [0.25, 0.3) is 5.91 Å². The molecule has 0 aliphatic carbocycles. The molecule has 262 valence electrons. The number of aromatic amines is 1. The normalized spacial score (nSPS) is 19.1. The zero-order valence-electron chi connectivity index (χ0n) is 28.2. The number of aryl methyl sites for hydroxylation is 1. The molecule has 50 heavy (non-hydrogen) atoms. The third-order valence-corrected chi connectivity index (χ3v) is 10.3. The lowest BCUT2D eigenvalue weighted by molar-refractivity contribution is -0.140. The lowest BCUT2D eigenvalue weighted by Crippen LogP contribution is -2.56. The summed E-state index contributed by atoms with van der Waals surface area (Å²) in [4.78, 5) is 61.3. The van der Waals surface area contributed by atoms with Crippen molar-refractivity contribution in [1.82, 2.24) is 25.4 Å². The molecule has 0 bridgehead atoms. The first-order valence-electron chi connectivity index (χ1n) is 16.9. The number of phenolic OH excluding ortho intramolecular Hbond substituents is 1. The van der Waals surface area contributed by atoms with Crippen molar-refractivity contribution in [3.05, 3.63) is 94.6 Å². The van der Waals surface area contributed by atoms with Gasteiger partial charge in [-0.25, -0.2) is 0 Å². The van der Waals surface area contributed by atoms with Crippen molar-refractivity contribution in [3.63, 3.8) is 0 Å². The number of hydrogen-bond acceptors (Lipinski definition) is 6. The van der Waals surface area contributed by atoms with Crippen molar-refractivity contribution in [1.29, 1.82) is 0 Å². The minimum absolute atomic E-state index is 0.126. The molecule has 0 saturated carbocycles. The molecule has 4 amide bonds. The molecule has 1 aromatic heterocycles. The van der Waals surface area contributed by atoms with Crippen LogP contribution in [0.3, 0.4) is 0 Å². The molecule has 2 aliphatic rings. The molecule has 2 saturated heterocycles. The van der Waals surface area contributed by atoms with Gasteiger partial charge < -0.3 is 35.3 Å². The number of likely N-dealkylation sites (N-methyl/N-ethyl adjacent to an activating group) is 1. The Labute approximate surface area is 295 Å². The Balaban J connectivity index is 1.21. The van der Waals surface area contributed by atoms with Gasteiger partial charge in [-0.3, -0.25) is 19.2 Å². The van der Waals surface area contributed by atoms with Crippen LogP contribution in [0.1, 0.15) is 34.3 Å². The van der Waals surface area contributed by atoms with Crippen LogP contribution in [-0.4, -0.2) is 89.9 Å².